The maximum absolute atomic E-state index is 13.0. The third-order valence-corrected chi connectivity index (χ3v) is 8.21. The van der Waals surface area contributed by atoms with Crippen LogP contribution in [0.5, 0.6) is 0 Å². The number of allylic oxidation sites excluding steroid dienone is 2. The van der Waals surface area contributed by atoms with Crippen LogP contribution in [0.4, 0.5) is 4.39 Å². The van der Waals surface area contributed by atoms with Gasteiger partial charge in [0, 0.05) is 17.9 Å². The van der Waals surface area contributed by atoms with E-state index in [4.69, 9.17) is 5.11 Å². The highest BCUT2D eigenvalue weighted by atomic mass is 32.2. The fourth-order valence-corrected chi connectivity index (χ4v) is 6.25. The molecule has 3 aliphatic carbocycles. The molecular weight excluding hydrogens is 417 g/mol. The van der Waals surface area contributed by atoms with Gasteiger partial charge in [0.15, 0.2) is 0 Å². The molecule has 3 aliphatic rings. The number of hydrogen-bond acceptors (Lipinski definition) is 3. The van der Waals surface area contributed by atoms with Crippen molar-refractivity contribution in [3.63, 3.8) is 0 Å². The Bertz CT molecular complexity index is 937. The zero-order valence-corrected chi connectivity index (χ0v) is 18.9. The van der Waals surface area contributed by atoms with Gasteiger partial charge in [-0.1, -0.05) is 38.1 Å². The Labute approximate surface area is 184 Å². The molecule has 31 heavy (non-hydrogen) atoms. The van der Waals surface area contributed by atoms with Crippen LogP contribution >= 0.6 is 0 Å². The Morgan fingerprint density at radius 3 is 2.58 bits per heavy atom. The first-order valence-corrected chi connectivity index (χ1v) is 12.5. The van der Waals surface area contributed by atoms with Crippen molar-refractivity contribution in [3.05, 3.63) is 53.2 Å². The summed E-state index contributed by atoms with van der Waals surface area (Å²) in [7, 11) is -3.62. The highest BCUT2D eigenvalue weighted by molar-refractivity contribution is 7.92. The first-order valence-electron chi connectivity index (χ1n) is 10.9. The van der Waals surface area contributed by atoms with E-state index >= 15 is 0 Å². The molecule has 3 saturated carbocycles. The zero-order valence-electron chi connectivity index (χ0n) is 18.1. The number of nitrogens with one attached hydrogen (secondary N) is 1. The molecule has 0 saturated heterocycles. The van der Waals surface area contributed by atoms with Gasteiger partial charge in [0.1, 0.15) is 5.82 Å². The van der Waals surface area contributed by atoms with E-state index in [-0.39, 0.29) is 29.6 Å². The van der Waals surface area contributed by atoms with Crippen molar-refractivity contribution < 1.29 is 22.7 Å². The number of hydrogen-bond donors (Lipinski definition) is 2. The molecule has 0 heterocycles. The number of fused-ring (bicyclic) bond motifs is 2. The summed E-state index contributed by atoms with van der Waals surface area (Å²) in [6.45, 7) is 4.54. The quantitative estimate of drug-likeness (QED) is 0.390. The van der Waals surface area contributed by atoms with Crippen LogP contribution in [0.3, 0.4) is 0 Å². The van der Waals surface area contributed by atoms with Gasteiger partial charge in [-0.15, -0.1) is 0 Å². The maximum atomic E-state index is 13.0. The molecule has 1 aromatic rings. The van der Waals surface area contributed by atoms with Crippen molar-refractivity contribution in [1.82, 2.24) is 4.72 Å². The summed E-state index contributed by atoms with van der Waals surface area (Å²) < 4.78 is 41.3. The monoisotopic (exact) mass is 449 g/mol. The summed E-state index contributed by atoms with van der Waals surface area (Å²) in [5.41, 5.74) is 0.841. The third kappa shape index (κ3) is 6.04. The molecule has 2 bridgehead atoms. The first kappa shape index (κ1) is 23.7. The van der Waals surface area contributed by atoms with E-state index in [0.717, 1.165) is 24.7 Å². The van der Waals surface area contributed by atoms with Crippen molar-refractivity contribution in [2.45, 2.75) is 58.4 Å². The summed E-state index contributed by atoms with van der Waals surface area (Å²) in [6.07, 6.45) is 9.80. The van der Waals surface area contributed by atoms with Crippen LogP contribution in [-0.2, 0) is 14.8 Å². The SMILES string of the molecule is CC1(C)C2C[C@@H]1C[C@H](NS(=O)(=O)/C=C/c1ccc(F)cc1)[C@H]2C/C=C\CCCC(=O)O. The van der Waals surface area contributed by atoms with E-state index in [2.05, 4.69) is 24.6 Å². The number of halogens is 1. The second-order valence-corrected chi connectivity index (χ2v) is 11.0. The van der Waals surface area contributed by atoms with E-state index in [1.54, 1.807) is 0 Å². The second kappa shape index (κ2) is 9.65. The van der Waals surface area contributed by atoms with Crippen LogP contribution in [0, 0.1) is 29.0 Å². The predicted octanol–water partition coefficient (Wildman–Crippen LogP) is 4.97. The van der Waals surface area contributed by atoms with Gasteiger partial charge in [-0.2, -0.15) is 0 Å². The van der Waals surface area contributed by atoms with Crippen molar-refractivity contribution in [2.75, 3.05) is 0 Å². The molecule has 4 atom stereocenters. The van der Waals surface area contributed by atoms with Crippen LogP contribution in [-0.4, -0.2) is 25.5 Å². The van der Waals surface area contributed by atoms with Gasteiger partial charge in [0.25, 0.3) is 0 Å². The number of carboxylic acids is 1. The van der Waals surface area contributed by atoms with Crippen molar-refractivity contribution in [1.29, 1.82) is 0 Å². The molecule has 3 fully saturated rings. The summed E-state index contributed by atoms with van der Waals surface area (Å²) in [5, 5.41) is 9.89. The highest BCUT2D eigenvalue weighted by Gasteiger charge is 2.57. The summed E-state index contributed by atoms with van der Waals surface area (Å²) in [4.78, 5) is 10.6. The molecule has 170 valence electrons. The van der Waals surface area contributed by atoms with Crippen molar-refractivity contribution in [2.24, 2.45) is 23.2 Å². The average molecular weight is 450 g/mol. The van der Waals surface area contributed by atoms with Gasteiger partial charge in [0.05, 0.1) is 0 Å². The van der Waals surface area contributed by atoms with E-state index in [9.17, 15) is 17.6 Å². The molecule has 2 N–H and O–H groups in total. The lowest BCUT2D eigenvalue weighted by Gasteiger charge is -2.62. The van der Waals surface area contributed by atoms with Gasteiger partial charge in [0.2, 0.25) is 10.0 Å². The molecule has 0 aliphatic heterocycles. The van der Waals surface area contributed by atoms with Crippen LogP contribution < -0.4 is 4.72 Å². The van der Waals surface area contributed by atoms with Crippen LogP contribution in [0.15, 0.2) is 41.8 Å². The fraction of sp³-hybridized carbons (Fsp3) is 0.542. The number of carboxylic acid groups (broad SMARTS) is 1. The smallest absolute Gasteiger partial charge is 0.303 e. The number of unbranched alkanes of at least 4 members (excludes halogenated alkanes) is 1. The van der Waals surface area contributed by atoms with Crippen molar-refractivity contribution in [3.8, 4) is 0 Å². The molecule has 0 radical (unpaired) electrons. The largest absolute Gasteiger partial charge is 0.481 e. The minimum Gasteiger partial charge on any atom is -0.481 e. The lowest BCUT2D eigenvalue weighted by molar-refractivity contribution is -0.137. The standard InChI is InChI=1S/C24H32FNO4S/c1-24(2)18-15-21(24)20(7-5-3-4-6-8-23(27)28)22(16-18)26-31(29,30)14-13-17-9-11-19(25)12-10-17/h3,5,9-14,18,20-22,26H,4,6-8,15-16H2,1-2H3,(H,27,28)/b5-3-,14-13+/t18-,20+,21?,22+/m1/s1. The number of aliphatic carboxylic acids is 1. The van der Waals surface area contributed by atoms with Crippen LogP contribution in [0.2, 0.25) is 0 Å². The number of sulfonamides is 1. The Kier molecular flexibility index (Phi) is 7.37. The Balaban J connectivity index is 1.64. The molecule has 0 aromatic heterocycles. The molecule has 7 heteroatoms. The predicted molar refractivity (Wildman–Crippen MR) is 120 cm³/mol. The van der Waals surface area contributed by atoms with E-state index < -0.39 is 16.0 Å². The molecule has 4 rings (SSSR count). The van der Waals surface area contributed by atoms with Gasteiger partial charge in [-0.3, -0.25) is 4.79 Å². The van der Waals surface area contributed by atoms with E-state index in [1.807, 2.05) is 6.08 Å². The molecule has 1 unspecified atom stereocenters. The summed E-state index contributed by atoms with van der Waals surface area (Å²) >= 11 is 0. The minimum absolute atomic E-state index is 0.122. The second-order valence-electron chi connectivity index (χ2n) is 9.38. The maximum Gasteiger partial charge on any atom is 0.303 e. The Morgan fingerprint density at radius 1 is 1.23 bits per heavy atom. The zero-order chi connectivity index (χ0) is 22.6. The first-order chi connectivity index (χ1) is 14.6. The van der Waals surface area contributed by atoms with Gasteiger partial charge >= 0.3 is 5.97 Å². The van der Waals surface area contributed by atoms with Gasteiger partial charge in [-0.05, 0) is 79.0 Å². The average Bonchev–Trinajstić information content (AvgIpc) is 2.70. The molecule has 0 amide bonds. The topological polar surface area (TPSA) is 83.5 Å². The highest BCUT2D eigenvalue weighted by Crippen LogP contribution is 2.62. The lowest BCUT2D eigenvalue weighted by Crippen LogP contribution is -2.61. The molecule has 5 nitrogen and oxygen atoms in total. The fourth-order valence-electron chi connectivity index (χ4n) is 5.14. The molecule has 0 spiro atoms. The Morgan fingerprint density at radius 2 is 1.94 bits per heavy atom. The summed E-state index contributed by atoms with van der Waals surface area (Å²) in [6, 6.07) is 5.56. The number of benzene rings is 1. The molecule has 1 aromatic carbocycles. The Hall–Kier alpha value is -1.99. The molecular formula is C24H32FNO4S. The van der Waals surface area contributed by atoms with E-state index in [1.165, 1.54) is 30.3 Å². The van der Waals surface area contributed by atoms with Crippen LogP contribution in [0.1, 0.15) is 57.9 Å². The normalized spacial score (nSPS) is 27.5. The van der Waals surface area contributed by atoms with Crippen LogP contribution in [0.25, 0.3) is 6.08 Å². The number of rotatable bonds is 10. The van der Waals surface area contributed by atoms with E-state index in [0.29, 0.717) is 30.2 Å². The van der Waals surface area contributed by atoms with Gasteiger partial charge < -0.3 is 5.11 Å². The minimum atomic E-state index is -3.62. The third-order valence-electron chi connectivity index (χ3n) is 7.08. The number of carbonyl (C=O) groups is 1. The lowest BCUT2D eigenvalue weighted by atomic mass is 9.44. The van der Waals surface area contributed by atoms with Crippen molar-refractivity contribution >= 4 is 22.1 Å². The summed E-state index contributed by atoms with van der Waals surface area (Å²) in [5.74, 6) is 0.0441. The van der Waals surface area contributed by atoms with Gasteiger partial charge in [-0.25, -0.2) is 17.5 Å².